The van der Waals surface area contributed by atoms with Gasteiger partial charge in [-0.1, -0.05) is 53.0 Å². The van der Waals surface area contributed by atoms with Gasteiger partial charge in [0.05, 0.1) is 22.4 Å². The molecule has 0 aliphatic rings. The van der Waals surface area contributed by atoms with E-state index in [0.717, 1.165) is 21.6 Å². The summed E-state index contributed by atoms with van der Waals surface area (Å²) in [6.07, 6.45) is 1.40. The Morgan fingerprint density at radius 2 is 1.87 bits per heavy atom. The van der Waals surface area contributed by atoms with Crippen molar-refractivity contribution in [3.63, 3.8) is 0 Å². The molecule has 0 unspecified atom stereocenters. The summed E-state index contributed by atoms with van der Waals surface area (Å²) in [6.45, 7) is 3.80. The quantitative estimate of drug-likeness (QED) is 0.428. The van der Waals surface area contributed by atoms with Gasteiger partial charge in [-0.15, -0.1) is 11.3 Å². The van der Waals surface area contributed by atoms with E-state index >= 15 is 0 Å². The monoisotopic (exact) mass is 457 g/mol. The van der Waals surface area contributed by atoms with Crippen molar-refractivity contribution in [1.29, 1.82) is 0 Å². The minimum absolute atomic E-state index is 0.188. The van der Waals surface area contributed by atoms with Gasteiger partial charge in [0.1, 0.15) is 11.4 Å². The highest BCUT2D eigenvalue weighted by atomic mass is 35.5. The van der Waals surface area contributed by atoms with Crippen molar-refractivity contribution in [2.75, 3.05) is 5.32 Å². The van der Waals surface area contributed by atoms with E-state index in [4.69, 9.17) is 23.2 Å². The zero-order valence-corrected chi connectivity index (χ0v) is 18.5. The van der Waals surface area contributed by atoms with Crippen LogP contribution >= 0.6 is 34.5 Å². The Morgan fingerprint density at radius 1 is 1.13 bits per heavy atom. The molecule has 2 aromatic heterocycles. The smallest absolute Gasteiger partial charge is 0.263 e. The number of anilines is 1. The Kier molecular flexibility index (Phi) is 5.64. The fraction of sp³-hybridized carbons (Fsp3) is 0.136. The Bertz CT molecular complexity index is 1330. The Balaban J connectivity index is 1.70. The first-order valence-electron chi connectivity index (χ1n) is 9.14. The lowest BCUT2D eigenvalue weighted by Gasteiger charge is -2.09. The fourth-order valence-corrected chi connectivity index (χ4v) is 4.60. The highest BCUT2D eigenvalue weighted by Gasteiger charge is 2.18. The third-order valence-corrected chi connectivity index (χ3v) is 6.29. The van der Waals surface area contributed by atoms with E-state index in [9.17, 15) is 9.59 Å². The summed E-state index contributed by atoms with van der Waals surface area (Å²) in [5.41, 5.74) is 3.09. The summed E-state index contributed by atoms with van der Waals surface area (Å²) in [4.78, 5) is 31.8. The number of rotatable bonds is 4. The Labute approximate surface area is 186 Å². The number of fused-ring (bicyclic) bond motifs is 1. The van der Waals surface area contributed by atoms with E-state index in [1.54, 1.807) is 18.2 Å². The lowest BCUT2D eigenvalue weighted by Crippen LogP contribution is -2.27. The Hall–Kier alpha value is -2.67. The number of nitrogens with zero attached hydrogens (tertiary/aromatic N) is 2. The van der Waals surface area contributed by atoms with Crippen molar-refractivity contribution >= 4 is 56.3 Å². The first kappa shape index (κ1) is 20.6. The summed E-state index contributed by atoms with van der Waals surface area (Å²) in [5, 5.41) is 4.03. The number of thiophene rings is 1. The van der Waals surface area contributed by atoms with Gasteiger partial charge < -0.3 is 5.32 Å². The number of aromatic nitrogens is 2. The van der Waals surface area contributed by atoms with Gasteiger partial charge in [0.15, 0.2) is 0 Å². The fourth-order valence-electron chi connectivity index (χ4n) is 3.26. The number of hydrogen-bond donors (Lipinski definition) is 1. The molecule has 0 atom stereocenters. The SMILES string of the molecule is Cc1ccc(-c2c(C)sc3ncn(CC(=O)Nc4cc(Cl)ccc4Cl)c(=O)c23)cc1. The highest BCUT2D eigenvalue weighted by Crippen LogP contribution is 2.35. The van der Waals surface area contributed by atoms with Crippen LogP contribution in [0.3, 0.4) is 0 Å². The van der Waals surface area contributed by atoms with Crippen LogP contribution in [-0.4, -0.2) is 15.5 Å². The maximum atomic E-state index is 13.2. The van der Waals surface area contributed by atoms with Gasteiger partial charge in [0.2, 0.25) is 5.91 Å². The number of benzene rings is 2. The van der Waals surface area contributed by atoms with Gasteiger partial charge in [-0.25, -0.2) is 4.98 Å². The van der Waals surface area contributed by atoms with E-state index in [0.29, 0.717) is 25.9 Å². The zero-order chi connectivity index (χ0) is 21.4. The number of hydrogen-bond acceptors (Lipinski definition) is 4. The van der Waals surface area contributed by atoms with Crippen molar-refractivity contribution < 1.29 is 4.79 Å². The summed E-state index contributed by atoms with van der Waals surface area (Å²) in [5.74, 6) is -0.397. The number of nitrogens with one attached hydrogen (secondary N) is 1. The van der Waals surface area contributed by atoms with E-state index in [-0.39, 0.29) is 12.1 Å². The number of aryl methyl sites for hydroxylation is 2. The molecular formula is C22H17Cl2N3O2S. The molecule has 4 rings (SSSR count). The summed E-state index contributed by atoms with van der Waals surface area (Å²) >= 11 is 13.5. The third-order valence-electron chi connectivity index (χ3n) is 4.71. The largest absolute Gasteiger partial charge is 0.323 e. The zero-order valence-electron chi connectivity index (χ0n) is 16.2. The van der Waals surface area contributed by atoms with Crippen molar-refractivity contribution in [2.24, 2.45) is 0 Å². The molecule has 5 nitrogen and oxygen atoms in total. The average Bonchev–Trinajstić information content (AvgIpc) is 3.04. The molecule has 1 amide bonds. The molecular weight excluding hydrogens is 441 g/mol. The van der Waals surface area contributed by atoms with Crippen LogP contribution in [-0.2, 0) is 11.3 Å². The first-order chi connectivity index (χ1) is 14.3. The molecule has 0 spiro atoms. The standard InChI is InChI=1S/C22H17Cl2N3O2S/c1-12-3-5-14(6-4-12)19-13(2)30-21-20(19)22(29)27(11-25-21)10-18(28)26-17-9-15(23)7-8-16(17)24/h3-9,11H,10H2,1-2H3,(H,26,28). The molecule has 8 heteroatoms. The van der Waals surface area contributed by atoms with E-state index in [2.05, 4.69) is 10.3 Å². The number of carbonyl (C=O) groups excluding carboxylic acids is 1. The maximum absolute atomic E-state index is 13.2. The van der Waals surface area contributed by atoms with Gasteiger partial charge >= 0.3 is 0 Å². The van der Waals surface area contributed by atoms with E-state index in [1.165, 1.54) is 22.2 Å². The number of carbonyl (C=O) groups is 1. The molecule has 2 aromatic carbocycles. The van der Waals surface area contributed by atoms with Crippen LogP contribution in [0, 0.1) is 13.8 Å². The minimum atomic E-state index is -0.397. The van der Waals surface area contributed by atoms with Crippen LogP contribution in [0.2, 0.25) is 10.0 Å². The van der Waals surface area contributed by atoms with Gasteiger partial charge in [0, 0.05) is 15.5 Å². The molecule has 152 valence electrons. The molecule has 4 aromatic rings. The van der Waals surface area contributed by atoms with Crippen LogP contribution in [0.15, 0.2) is 53.6 Å². The third kappa shape index (κ3) is 3.99. The molecule has 2 heterocycles. The summed E-state index contributed by atoms with van der Waals surface area (Å²) in [6, 6.07) is 12.8. The predicted octanol–water partition coefficient (Wildman–Crippen LogP) is 5.69. The van der Waals surface area contributed by atoms with Crippen LogP contribution in [0.25, 0.3) is 21.3 Å². The summed E-state index contributed by atoms with van der Waals surface area (Å²) < 4.78 is 1.31. The molecule has 0 saturated heterocycles. The molecule has 0 radical (unpaired) electrons. The summed E-state index contributed by atoms with van der Waals surface area (Å²) in [7, 11) is 0. The van der Waals surface area contributed by atoms with Gasteiger partial charge in [-0.3, -0.25) is 14.2 Å². The normalized spacial score (nSPS) is 11.1. The van der Waals surface area contributed by atoms with Gasteiger partial charge in [-0.05, 0) is 37.6 Å². The van der Waals surface area contributed by atoms with Crippen molar-refractivity contribution in [3.05, 3.63) is 79.6 Å². The maximum Gasteiger partial charge on any atom is 0.263 e. The molecule has 0 aliphatic carbocycles. The molecule has 0 fully saturated rings. The number of amides is 1. The van der Waals surface area contributed by atoms with Crippen LogP contribution in [0.1, 0.15) is 10.4 Å². The van der Waals surface area contributed by atoms with Crippen molar-refractivity contribution in [2.45, 2.75) is 20.4 Å². The van der Waals surface area contributed by atoms with E-state index in [1.807, 2.05) is 38.1 Å². The van der Waals surface area contributed by atoms with Gasteiger partial charge in [0.25, 0.3) is 5.56 Å². The minimum Gasteiger partial charge on any atom is -0.323 e. The second-order valence-electron chi connectivity index (χ2n) is 6.93. The predicted molar refractivity (Wildman–Crippen MR) is 124 cm³/mol. The van der Waals surface area contributed by atoms with Gasteiger partial charge in [-0.2, -0.15) is 0 Å². The van der Waals surface area contributed by atoms with Crippen molar-refractivity contribution in [1.82, 2.24) is 9.55 Å². The highest BCUT2D eigenvalue weighted by molar-refractivity contribution is 7.19. The van der Waals surface area contributed by atoms with E-state index < -0.39 is 5.91 Å². The Morgan fingerprint density at radius 3 is 2.60 bits per heavy atom. The lowest BCUT2D eigenvalue weighted by molar-refractivity contribution is -0.116. The number of halogens is 2. The second kappa shape index (κ2) is 8.22. The molecule has 30 heavy (non-hydrogen) atoms. The van der Waals surface area contributed by atoms with Crippen LogP contribution in [0.5, 0.6) is 0 Å². The van der Waals surface area contributed by atoms with Crippen LogP contribution in [0.4, 0.5) is 5.69 Å². The molecule has 0 aliphatic heterocycles. The van der Waals surface area contributed by atoms with Crippen molar-refractivity contribution in [3.8, 4) is 11.1 Å². The second-order valence-corrected chi connectivity index (χ2v) is 8.98. The molecule has 0 bridgehead atoms. The lowest BCUT2D eigenvalue weighted by atomic mass is 10.0. The molecule has 0 saturated carbocycles. The average molecular weight is 458 g/mol. The topological polar surface area (TPSA) is 64.0 Å². The molecule has 1 N–H and O–H groups in total. The first-order valence-corrected chi connectivity index (χ1v) is 10.7. The van der Waals surface area contributed by atoms with Crippen LogP contribution < -0.4 is 10.9 Å².